The Hall–Kier alpha value is -2.39. The van der Waals surface area contributed by atoms with Gasteiger partial charge in [0.25, 0.3) is 5.91 Å². The van der Waals surface area contributed by atoms with Crippen molar-refractivity contribution in [1.29, 1.82) is 0 Å². The second kappa shape index (κ2) is 7.46. The first kappa shape index (κ1) is 18.4. The van der Waals surface area contributed by atoms with Gasteiger partial charge in [-0.1, -0.05) is 24.0 Å². The summed E-state index contributed by atoms with van der Waals surface area (Å²) in [5, 5.41) is 8.74. The van der Waals surface area contributed by atoms with Crippen LogP contribution in [0.3, 0.4) is 0 Å². The van der Waals surface area contributed by atoms with E-state index < -0.39 is 5.97 Å². The topological polar surface area (TPSA) is 80.4 Å². The van der Waals surface area contributed by atoms with Crippen molar-refractivity contribution in [3.05, 3.63) is 46.6 Å². The van der Waals surface area contributed by atoms with Crippen molar-refractivity contribution in [2.45, 2.75) is 26.7 Å². The summed E-state index contributed by atoms with van der Waals surface area (Å²) in [4.78, 5) is 29.4. The highest BCUT2D eigenvalue weighted by atomic mass is 32.2. The Morgan fingerprint density at radius 3 is 2.85 bits per heavy atom. The first-order chi connectivity index (χ1) is 12.4. The van der Waals surface area contributed by atoms with Crippen LogP contribution in [0.5, 0.6) is 0 Å². The van der Waals surface area contributed by atoms with Crippen LogP contribution in [0.2, 0.25) is 0 Å². The molecule has 1 fully saturated rings. The standard InChI is InChI=1S/C17H18N4O3S2/c1-11-8-13(12(2)21(11)19-7-5-18-10-19)9-14-16(24)20(17(25)26-14)6-3-4-15(22)23/h5,7-10H,3-4,6H2,1-2H3,(H,22,23). The van der Waals surface area contributed by atoms with Gasteiger partial charge in [0.1, 0.15) is 10.6 Å². The van der Waals surface area contributed by atoms with Crippen molar-refractivity contribution in [3.63, 3.8) is 0 Å². The number of aliphatic carboxylic acids is 1. The van der Waals surface area contributed by atoms with Gasteiger partial charge in [-0.05, 0) is 38.0 Å². The van der Waals surface area contributed by atoms with E-state index in [1.165, 1.54) is 16.7 Å². The fourth-order valence-corrected chi connectivity index (χ4v) is 4.17. The third-order valence-corrected chi connectivity index (χ3v) is 5.47. The van der Waals surface area contributed by atoms with Crippen LogP contribution >= 0.6 is 24.0 Å². The Labute approximate surface area is 160 Å². The lowest BCUT2D eigenvalue weighted by Gasteiger charge is -2.13. The molecule has 9 heteroatoms. The average Bonchev–Trinajstić information content (AvgIpc) is 3.24. The molecule has 0 spiro atoms. The number of carbonyl (C=O) groups excluding carboxylic acids is 1. The molecule has 0 bridgehead atoms. The molecule has 2 aromatic heterocycles. The number of carboxylic acids is 1. The molecular formula is C17H18N4O3S2. The van der Waals surface area contributed by atoms with Crippen LogP contribution in [0.25, 0.3) is 6.08 Å². The first-order valence-corrected chi connectivity index (χ1v) is 9.25. The highest BCUT2D eigenvalue weighted by Crippen LogP contribution is 2.33. The zero-order valence-electron chi connectivity index (χ0n) is 14.4. The fraction of sp³-hybridized carbons (Fsp3) is 0.294. The molecule has 7 nitrogen and oxygen atoms in total. The van der Waals surface area contributed by atoms with E-state index in [4.69, 9.17) is 17.3 Å². The number of hydrogen-bond acceptors (Lipinski definition) is 5. The minimum Gasteiger partial charge on any atom is -0.481 e. The quantitative estimate of drug-likeness (QED) is 0.603. The van der Waals surface area contributed by atoms with E-state index in [0.717, 1.165) is 17.0 Å². The maximum atomic E-state index is 12.6. The maximum absolute atomic E-state index is 12.6. The number of hydrogen-bond donors (Lipinski definition) is 1. The van der Waals surface area contributed by atoms with Crippen molar-refractivity contribution in [3.8, 4) is 0 Å². The van der Waals surface area contributed by atoms with Gasteiger partial charge >= 0.3 is 5.97 Å². The predicted molar refractivity (Wildman–Crippen MR) is 104 cm³/mol. The predicted octanol–water partition coefficient (Wildman–Crippen LogP) is 2.68. The van der Waals surface area contributed by atoms with Gasteiger partial charge in [0, 0.05) is 36.7 Å². The van der Waals surface area contributed by atoms with Gasteiger partial charge in [0.15, 0.2) is 0 Å². The SMILES string of the molecule is Cc1cc(C=C2SC(=S)N(CCCC(=O)O)C2=O)c(C)n1-n1ccnc1. The molecule has 0 radical (unpaired) electrons. The van der Waals surface area contributed by atoms with Crippen molar-refractivity contribution in [1.82, 2.24) is 19.2 Å². The average molecular weight is 390 g/mol. The summed E-state index contributed by atoms with van der Waals surface area (Å²) in [7, 11) is 0. The Kier molecular flexibility index (Phi) is 5.28. The Morgan fingerprint density at radius 1 is 1.42 bits per heavy atom. The number of rotatable bonds is 6. The maximum Gasteiger partial charge on any atom is 0.303 e. The third-order valence-electron chi connectivity index (χ3n) is 4.09. The molecule has 26 heavy (non-hydrogen) atoms. The molecule has 0 unspecified atom stereocenters. The molecular weight excluding hydrogens is 372 g/mol. The van der Waals surface area contributed by atoms with Crippen molar-refractivity contribution < 1.29 is 14.7 Å². The van der Waals surface area contributed by atoms with Gasteiger partial charge in [0.2, 0.25) is 0 Å². The molecule has 0 aromatic carbocycles. The van der Waals surface area contributed by atoms with E-state index in [1.54, 1.807) is 12.5 Å². The van der Waals surface area contributed by atoms with Gasteiger partial charge in [-0.25, -0.2) is 9.66 Å². The lowest BCUT2D eigenvalue weighted by Crippen LogP contribution is -2.29. The summed E-state index contributed by atoms with van der Waals surface area (Å²) in [6, 6.07) is 2.01. The largest absolute Gasteiger partial charge is 0.481 e. The van der Waals surface area contributed by atoms with E-state index in [9.17, 15) is 9.59 Å². The molecule has 0 saturated carbocycles. The second-order valence-electron chi connectivity index (χ2n) is 5.91. The smallest absolute Gasteiger partial charge is 0.303 e. The third kappa shape index (κ3) is 3.58. The van der Waals surface area contributed by atoms with Gasteiger partial charge < -0.3 is 5.11 Å². The van der Waals surface area contributed by atoms with Gasteiger partial charge in [-0.3, -0.25) is 19.2 Å². The van der Waals surface area contributed by atoms with Crippen molar-refractivity contribution in [2.75, 3.05) is 6.54 Å². The Morgan fingerprint density at radius 2 is 2.19 bits per heavy atom. The number of amides is 1. The molecule has 3 rings (SSSR count). The zero-order valence-corrected chi connectivity index (χ0v) is 16.0. The summed E-state index contributed by atoms with van der Waals surface area (Å²) in [5.41, 5.74) is 2.93. The van der Waals surface area contributed by atoms with E-state index in [1.807, 2.05) is 41.5 Å². The Bertz CT molecular complexity index is 900. The monoisotopic (exact) mass is 390 g/mol. The zero-order chi connectivity index (χ0) is 18.8. The normalized spacial score (nSPS) is 16.1. The van der Waals surface area contributed by atoms with E-state index in [2.05, 4.69) is 4.98 Å². The summed E-state index contributed by atoms with van der Waals surface area (Å²) in [6.45, 7) is 4.29. The van der Waals surface area contributed by atoms with Gasteiger partial charge in [-0.2, -0.15) is 0 Å². The molecule has 136 valence electrons. The second-order valence-corrected chi connectivity index (χ2v) is 7.59. The summed E-state index contributed by atoms with van der Waals surface area (Å²) in [6.07, 6.45) is 7.51. The van der Waals surface area contributed by atoms with Crippen molar-refractivity contribution in [2.24, 2.45) is 0 Å². The molecule has 0 atom stereocenters. The first-order valence-electron chi connectivity index (χ1n) is 8.03. The molecule has 1 saturated heterocycles. The summed E-state index contributed by atoms with van der Waals surface area (Å²) >= 11 is 6.53. The van der Waals surface area contributed by atoms with Crippen LogP contribution in [0, 0.1) is 13.8 Å². The molecule has 0 aliphatic carbocycles. The molecule has 1 amide bonds. The minimum absolute atomic E-state index is 0.0160. The van der Waals surface area contributed by atoms with Gasteiger partial charge in [-0.15, -0.1) is 0 Å². The molecule has 1 aliphatic rings. The fourth-order valence-electron chi connectivity index (χ4n) is 2.87. The number of aryl methyl sites for hydroxylation is 1. The molecule has 2 aromatic rings. The van der Waals surface area contributed by atoms with Crippen molar-refractivity contribution >= 4 is 46.3 Å². The highest BCUT2D eigenvalue weighted by molar-refractivity contribution is 8.26. The number of thiocarbonyl (C=S) groups is 1. The van der Waals surface area contributed by atoms with Crippen LogP contribution in [-0.2, 0) is 9.59 Å². The number of carbonyl (C=O) groups is 2. The van der Waals surface area contributed by atoms with Crippen LogP contribution in [0.15, 0.2) is 29.7 Å². The Balaban J connectivity index is 1.83. The van der Waals surface area contributed by atoms with Crippen LogP contribution in [-0.4, -0.2) is 47.1 Å². The lowest BCUT2D eigenvalue weighted by molar-refractivity contribution is -0.137. The molecule has 1 aliphatic heterocycles. The summed E-state index contributed by atoms with van der Waals surface area (Å²) < 4.78 is 4.35. The van der Waals surface area contributed by atoms with Gasteiger partial charge in [0.05, 0.1) is 4.91 Å². The minimum atomic E-state index is -0.877. The van der Waals surface area contributed by atoms with Crippen LogP contribution in [0.1, 0.15) is 29.8 Å². The number of nitrogens with zero attached hydrogens (tertiary/aromatic N) is 4. The molecule has 3 heterocycles. The van der Waals surface area contributed by atoms with E-state index in [0.29, 0.717) is 22.2 Å². The summed E-state index contributed by atoms with van der Waals surface area (Å²) in [5.74, 6) is -1.05. The van der Waals surface area contributed by atoms with Crippen LogP contribution < -0.4 is 0 Å². The molecule has 1 N–H and O–H groups in total. The van der Waals surface area contributed by atoms with Crippen LogP contribution in [0.4, 0.5) is 0 Å². The van der Waals surface area contributed by atoms with E-state index in [-0.39, 0.29) is 12.3 Å². The highest BCUT2D eigenvalue weighted by Gasteiger charge is 2.32. The number of carboxylic acid groups (broad SMARTS) is 1. The van der Waals surface area contributed by atoms with E-state index >= 15 is 0 Å². The number of thioether (sulfide) groups is 1. The lowest BCUT2D eigenvalue weighted by atomic mass is 10.2. The number of imidazole rings is 1. The number of aromatic nitrogens is 3.